The van der Waals surface area contributed by atoms with Gasteiger partial charge in [-0.25, -0.2) is 4.98 Å². The smallest absolute Gasteiger partial charge is 0.226 e. The molecule has 0 saturated heterocycles. The van der Waals surface area contributed by atoms with Crippen molar-refractivity contribution in [1.29, 1.82) is 0 Å². The van der Waals surface area contributed by atoms with Gasteiger partial charge < -0.3 is 18.6 Å². The standard InChI is InChI=1S/C27H31NO5/c1-3-15-31-24-10-5-4-9-22(24)23(29)13-12-21-18-33-27(28-21)20-11-14-25(30-2)26(16-20)32-17-19-7-6-8-19/h4-5,9-11,14,16,18-19H,3,6-8,12-13,15,17H2,1-2H3. The highest BCUT2D eigenvalue weighted by Gasteiger charge is 2.20. The van der Waals surface area contributed by atoms with Crippen LogP contribution in [0, 0.1) is 5.92 Å². The predicted octanol–water partition coefficient (Wildman–Crippen LogP) is 6.13. The number of Topliss-reactive ketones (excluding diaryl/α,β-unsaturated/α-hetero) is 1. The third-order valence-electron chi connectivity index (χ3n) is 5.92. The summed E-state index contributed by atoms with van der Waals surface area (Å²) in [6.07, 6.45) is 7.05. The van der Waals surface area contributed by atoms with Crippen molar-refractivity contribution < 1.29 is 23.4 Å². The second-order valence-corrected chi connectivity index (χ2v) is 8.39. The van der Waals surface area contributed by atoms with Crippen LogP contribution < -0.4 is 14.2 Å². The van der Waals surface area contributed by atoms with Crippen molar-refractivity contribution in [2.75, 3.05) is 20.3 Å². The van der Waals surface area contributed by atoms with E-state index in [0.717, 1.165) is 17.7 Å². The maximum atomic E-state index is 12.8. The van der Waals surface area contributed by atoms with E-state index in [1.54, 1.807) is 13.4 Å². The summed E-state index contributed by atoms with van der Waals surface area (Å²) in [5, 5.41) is 0. The lowest BCUT2D eigenvalue weighted by molar-refractivity contribution is 0.0978. The molecule has 0 amide bonds. The van der Waals surface area contributed by atoms with Gasteiger partial charge in [-0.1, -0.05) is 25.5 Å². The Bertz CT molecular complexity index is 1070. The summed E-state index contributed by atoms with van der Waals surface area (Å²) in [4.78, 5) is 17.4. The number of ether oxygens (including phenoxy) is 3. The number of ketones is 1. The fourth-order valence-electron chi connectivity index (χ4n) is 3.76. The third-order valence-corrected chi connectivity index (χ3v) is 5.92. The van der Waals surface area contributed by atoms with E-state index in [-0.39, 0.29) is 5.78 Å². The molecule has 1 aliphatic carbocycles. The number of para-hydroxylation sites is 1. The topological polar surface area (TPSA) is 70.8 Å². The highest BCUT2D eigenvalue weighted by molar-refractivity contribution is 5.98. The van der Waals surface area contributed by atoms with Gasteiger partial charge in [0, 0.05) is 18.4 Å². The van der Waals surface area contributed by atoms with Crippen LogP contribution in [0.4, 0.5) is 0 Å². The molecule has 4 rings (SSSR count). The van der Waals surface area contributed by atoms with Gasteiger partial charge >= 0.3 is 0 Å². The maximum absolute atomic E-state index is 12.8. The SMILES string of the molecule is CCCOc1ccccc1C(=O)CCc1coc(-c2ccc(OC)c(OCC3CCC3)c2)n1. The maximum Gasteiger partial charge on any atom is 0.226 e. The Morgan fingerprint density at radius 3 is 2.70 bits per heavy atom. The second-order valence-electron chi connectivity index (χ2n) is 8.39. The molecule has 0 radical (unpaired) electrons. The number of hydrogen-bond acceptors (Lipinski definition) is 6. The average Bonchev–Trinajstić information content (AvgIpc) is 3.29. The van der Waals surface area contributed by atoms with Crippen molar-refractivity contribution in [3.05, 3.63) is 60.0 Å². The van der Waals surface area contributed by atoms with Gasteiger partial charge in [-0.15, -0.1) is 0 Å². The number of benzene rings is 2. The number of carbonyl (C=O) groups excluding carboxylic acids is 1. The summed E-state index contributed by atoms with van der Waals surface area (Å²) >= 11 is 0. The first-order valence-electron chi connectivity index (χ1n) is 11.7. The van der Waals surface area contributed by atoms with Gasteiger partial charge in [0.1, 0.15) is 12.0 Å². The van der Waals surface area contributed by atoms with Gasteiger partial charge in [-0.2, -0.15) is 0 Å². The minimum atomic E-state index is 0.0300. The van der Waals surface area contributed by atoms with E-state index in [1.165, 1.54) is 19.3 Å². The molecule has 0 bridgehead atoms. The van der Waals surface area contributed by atoms with Gasteiger partial charge in [-0.05, 0) is 55.5 Å². The molecule has 0 unspecified atom stereocenters. The van der Waals surface area contributed by atoms with Crippen molar-refractivity contribution in [1.82, 2.24) is 4.98 Å². The molecule has 0 atom stereocenters. The Balaban J connectivity index is 1.40. The largest absolute Gasteiger partial charge is 0.493 e. The Morgan fingerprint density at radius 2 is 1.94 bits per heavy atom. The van der Waals surface area contributed by atoms with Gasteiger partial charge in [0.05, 0.1) is 31.6 Å². The van der Waals surface area contributed by atoms with E-state index in [4.69, 9.17) is 18.6 Å². The van der Waals surface area contributed by atoms with Gasteiger partial charge in [0.2, 0.25) is 5.89 Å². The predicted molar refractivity (Wildman–Crippen MR) is 126 cm³/mol. The van der Waals surface area contributed by atoms with Crippen LogP contribution in [0.2, 0.25) is 0 Å². The number of oxazole rings is 1. The van der Waals surface area contributed by atoms with Crippen LogP contribution in [0.15, 0.2) is 53.1 Å². The van der Waals surface area contributed by atoms with Crippen LogP contribution in [0.25, 0.3) is 11.5 Å². The summed E-state index contributed by atoms with van der Waals surface area (Å²) in [6, 6.07) is 13.1. The molecule has 0 spiro atoms. The van der Waals surface area contributed by atoms with Crippen LogP contribution in [0.1, 0.15) is 55.1 Å². The van der Waals surface area contributed by atoms with E-state index < -0.39 is 0 Å². The highest BCUT2D eigenvalue weighted by atomic mass is 16.5. The Labute approximate surface area is 194 Å². The first kappa shape index (κ1) is 22.9. The number of carbonyl (C=O) groups is 1. The molecule has 1 fully saturated rings. The fraction of sp³-hybridized carbons (Fsp3) is 0.407. The average molecular weight is 450 g/mol. The molecule has 6 heteroatoms. The van der Waals surface area contributed by atoms with Crippen LogP contribution >= 0.6 is 0 Å². The Hall–Kier alpha value is -3.28. The van der Waals surface area contributed by atoms with Crippen LogP contribution in [-0.4, -0.2) is 31.1 Å². The summed E-state index contributed by atoms with van der Waals surface area (Å²) in [7, 11) is 1.64. The lowest BCUT2D eigenvalue weighted by Gasteiger charge is -2.25. The molecule has 174 valence electrons. The molecule has 0 N–H and O–H groups in total. The zero-order chi connectivity index (χ0) is 23.0. The number of methoxy groups -OCH3 is 1. The first-order valence-corrected chi connectivity index (χ1v) is 11.7. The number of hydrogen-bond donors (Lipinski definition) is 0. The molecule has 0 aliphatic heterocycles. The van der Waals surface area contributed by atoms with Crippen LogP contribution in [0.5, 0.6) is 17.2 Å². The molecule has 1 aromatic heterocycles. The lowest BCUT2D eigenvalue weighted by atomic mass is 9.86. The number of rotatable bonds is 12. The van der Waals surface area contributed by atoms with Gasteiger partial charge in [0.25, 0.3) is 0 Å². The van der Waals surface area contributed by atoms with Crippen molar-refractivity contribution in [3.8, 4) is 28.7 Å². The molecule has 1 heterocycles. The quantitative estimate of drug-likeness (QED) is 0.310. The molecule has 1 aliphatic rings. The van der Waals surface area contributed by atoms with Gasteiger partial charge in [0.15, 0.2) is 17.3 Å². The van der Waals surface area contributed by atoms with E-state index >= 15 is 0 Å². The molecular weight excluding hydrogens is 418 g/mol. The number of nitrogens with zero attached hydrogens (tertiary/aromatic N) is 1. The third kappa shape index (κ3) is 5.75. The lowest BCUT2D eigenvalue weighted by Crippen LogP contribution is -2.19. The van der Waals surface area contributed by atoms with E-state index in [9.17, 15) is 4.79 Å². The minimum Gasteiger partial charge on any atom is -0.493 e. The minimum absolute atomic E-state index is 0.0300. The first-order chi connectivity index (χ1) is 16.2. The van der Waals surface area contributed by atoms with Crippen LogP contribution in [-0.2, 0) is 6.42 Å². The van der Waals surface area contributed by atoms with Crippen molar-refractivity contribution in [2.24, 2.45) is 5.92 Å². The van der Waals surface area contributed by atoms with E-state index in [1.807, 2.05) is 49.4 Å². The van der Waals surface area contributed by atoms with E-state index in [0.29, 0.717) is 60.7 Å². The van der Waals surface area contributed by atoms with Gasteiger partial charge in [-0.3, -0.25) is 4.79 Å². The molecular formula is C27H31NO5. The summed E-state index contributed by atoms with van der Waals surface area (Å²) in [6.45, 7) is 3.33. The molecule has 1 saturated carbocycles. The molecule has 33 heavy (non-hydrogen) atoms. The zero-order valence-corrected chi connectivity index (χ0v) is 19.3. The number of aromatic nitrogens is 1. The van der Waals surface area contributed by atoms with Crippen molar-refractivity contribution in [3.63, 3.8) is 0 Å². The van der Waals surface area contributed by atoms with E-state index in [2.05, 4.69) is 4.98 Å². The molecule has 3 aromatic rings. The summed E-state index contributed by atoms with van der Waals surface area (Å²) in [5.41, 5.74) is 2.16. The Morgan fingerprint density at radius 1 is 1.09 bits per heavy atom. The second kappa shape index (κ2) is 11.0. The van der Waals surface area contributed by atoms with Crippen molar-refractivity contribution in [2.45, 2.75) is 45.4 Å². The van der Waals surface area contributed by atoms with Crippen LogP contribution in [0.3, 0.4) is 0 Å². The summed E-state index contributed by atoms with van der Waals surface area (Å²) < 4.78 is 22.9. The normalized spacial score (nSPS) is 13.4. The summed E-state index contributed by atoms with van der Waals surface area (Å²) in [5.74, 6) is 3.18. The molecule has 2 aromatic carbocycles. The van der Waals surface area contributed by atoms with Crippen molar-refractivity contribution >= 4 is 5.78 Å². The monoisotopic (exact) mass is 449 g/mol. The zero-order valence-electron chi connectivity index (χ0n) is 19.3. The highest BCUT2D eigenvalue weighted by Crippen LogP contribution is 2.34. The fourth-order valence-corrected chi connectivity index (χ4v) is 3.76. The Kier molecular flexibility index (Phi) is 7.66. The number of aryl methyl sites for hydroxylation is 1. The molecule has 6 nitrogen and oxygen atoms in total.